The summed E-state index contributed by atoms with van der Waals surface area (Å²) >= 11 is 0. The molecule has 5 heteroatoms. The maximum atomic E-state index is 12.6. The first-order valence-corrected chi connectivity index (χ1v) is 8.78. The number of rotatable bonds is 9. The molecule has 5 nitrogen and oxygen atoms in total. The molecule has 1 aromatic carbocycles. The number of amides is 1. The first-order chi connectivity index (χ1) is 12.0. The van der Waals surface area contributed by atoms with E-state index in [9.17, 15) is 4.79 Å². The van der Waals surface area contributed by atoms with Gasteiger partial charge < -0.3 is 19.1 Å². The molecule has 1 saturated carbocycles. The minimum Gasteiger partial charge on any atom is -0.493 e. The zero-order valence-corrected chi connectivity index (χ0v) is 15.9. The predicted octanol–water partition coefficient (Wildman–Crippen LogP) is 3.76. The Labute approximate surface area is 150 Å². The molecule has 1 aliphatic rings. The maximum Gasteiger partial charge on any atom is 0.246 e. The molecule has 0 N–H and O–H groups in total. The Kier molecular flexibility index (Phi) is 6.73. The fourth-order valence-electron chi connectivity index (χ4n) is 2.72. The quantitative estimate of drug-likeness (QED) is 0.638. The van der Waals surface area contributed by atoms with Crippen LogP contribution in [0, 0.1) is 5.92 Å². The van der Waals surface area contributed by atoms with Crippen LogP contribution in [-0.4, -0.2) is 44.7 Å². The van der Waals surface area contributed by atoms with Crippen LogP contribution in [0.1, 0.15) is 38.7 Å². The molecule has 1 aromatic rings. The molecule has 0 unspecified atom stereocenters. The normalized spacial score (nSPS) is 14.0. The number of benzene rings is 1. The van der Waals surface area contributed by atoms with Crippen LogP contribution >= 0.6 is 0 Å². The van der Waals surface area contributed by atoms with E-state index in [1.807, 2.05) is 17.0 Å². The lowest BCUT2D eigenvalue weighted by atomic mass is 10.1. The van der Waals surface area contributed by atoms with Gasteiger partial charge in [0.05, 0.1) is 21.3 Å². The van der Waals surface area contributed by atoms with Gasteiger partial charge in [-0.1, -0.05) is 13.8 Å². The number of ether oxygens (including phenoxy) is 3. The van der Waals surface area contributed by atoms with E-state index >= 15 is 0 Å². The Bertz CT molecular complexity index is 595. The summed E-state index contributed by atoms with van der Waals surface area (Å²) in [5, 5.41) is 0. The molecule has 0 atom stereocenters. The lowest BCUT2D eigenvalue weighted by Crippen LogP contribution is -2.33. The molecular formula is C20H29NO4. The third-order valence-electron chi connectivity index (χ3n) is 4.32. The number of hydrogen-bond acceptors (Lipinski definition) is 4. The second-order valence-corrected chi connectivity index (χ2v) is 6.74. The SMILES string of the molecule is COc1cc(/C=C/C(=O)N(CCC(C)C)C2CC2)cc(OC)c1OC. The molecular weight excluding hydrogens is 318 g/mol. The molecule has 0 heterocycles. The van der Waals surface area contributed by atoms with Crippen molar-refractivity contribution in [2.24, 2.45) is 5.92 Å². The summed E-state index contributed by atoms with van der Waals surface area (Å²) in [6.45, 7) is 5.18. The minimum absolute atomic E-state index is 0.0666. The highest BCUT2D eigenvalue weighted by Crippen LogP contribution is 2.38. The number of carbonyl (C=O) groups is 1. The summed E-state index contributed by atoms with van der Waals surface area (Å²) in [6.07, 6.45) is 6.70. The van der Waals surface area contributed by atoms with Gasteiger partial charge in [0.2, 0.25) is 11.7 Å². The van der Waals surface area contributed by atoms with Crippen LogP contribution in [0.2, 0.25) is 0 Å². The summed E-state index contributed by atoms with van der Waals surface area (Å²) in [7, 11) is 4.73. The van der Waals surface area contributed by atoms with E-state index in [1.165, 1.54) is 0 Å². The lowest BCUT2D eigenvalue weighted by Gasteiger charge is -2.21. The average molecular weight is 347 g/mol. The maximum absolute atomic E-state index is 12.6. The first-order valence-electron chi connectivity index (χ1n) is 8.78. The van der Waals surface area contributed by atoms with E-state index in [0.29, 0.717) is 29.2 Å². The highest BCUT2D eigenvalue weighted by atomic mass is 16.5. The smallest absolute Gasteiger partial charge is 0.246 e. The third-order valence-corrected chi connectivity index (χ3v) is 4.32. The highest BCUT2D eigenvalue weighted by molar-refractivity contribution is 5.92. The number of hydrogen-bond donors (Lipinski definition) is 0. The van der Waals surface area contributed by atoms with Gasteiger partial charge in [0.15, 0.2) is 11.5 Å². The largest absolute Gasteiger partial charge is 0.493 e. The van der Waals surface area contributed by atoms with Crippen molar-refractivity contribution in [1.29, 1.82) is 0 Å². The van der Waals surface area contributed by atoms with Crippen molar-refractivity contribution >= 4 is 12.0 Å². The van der Waals surface area contributed by atoms with Crippen LogP contribution in [0.4, 0.5) is 0 Å². The summed E-state index contributed by atoms with van der Waals surface area (Å²) in [6, 6.07) is 4.08. The number of carbonyl (C=O) groups excluding carboxylic acids is 1. The molecule has 1 amide bonds. The highest BCUT2D eigenvalue weighted by Gasteiger charge is 2.31. The molecule has 25 heavy (non-hydrogen) atoms. The fraction of sp³-hybridized carbons (Fsp3) is 0.550. The number of methoxy groups -OCH3 is 3. The van der Waals surface area contributed by atoms with Crippen LogP contribution in [0.25, 0.3) is 6.08 Å². The van der Waals surface area contributed by atoms with Gasteiger partial charge in [-0.25, -0.2) is 0 Å². The van der Waals surface area contributed by atoms with Crippen molar-refractivity contribution in [3.05, 3.63) is 23.8 Å². The van der Waals surface area contributed by atoms with E-state index < -0.39 is 0 Å². The van der Waals surface area contributed by atoms with Crippen LogP contribution in [0.15, 0.2) is 18.2 Å². The van der Waals surface area contributed by atoms with Gasteiger partial charge in [-0.15, -0.1) is 0 Å². The molecule has 2 rings (SSSR count). The zero-order valence-electron chi connectivity index (χ0n) is 15.9. The van der Waals surface area contributed by atoms with Crippen LogP contribution in [0.3, 0.4) is 0 Å². The van der Waals surface area contributed by atoms with E-state index in [4.69, 9.17) is 14.2 Å². The van der Waals surface area contributed by atoms with Gasteiger partial charge in [0.25, 0.3) is 0 Å². The van der Waals surface area contributed by atoms with Gasteiger partial charge >= 0.3 is 0 Å². The Hall–Kier alpha value is -2.17. The van der Waals surface area contributed by atoms with Crippen molar-refractivity contribution in [3.63, 3.8) is 0 Å². The van der Waals surface area contributed by atoms with E-state index in [2.05, 4.69) is 13.8 Å². The van der Waals surface area contributed by atoms with Crippen LogP contribution in [-0.2, 0) is 4.79 Å². The standard InChI is InChI=1S/C20H29NO4/c1-14(2)10-11-21(16-7-8-16)19(22)9-6-15-12-17(23-3)20(25-5)18(13-15)24-4/h6,9,12-14,16H,7-8,10-11H2,1-5H3/b9-6+. The monoisotopic (exact) mass is 347 g/mol. The van der Waals surface area contributed by atoms with Crippen molar-refractivity contribution in [3.8, 4) is 17.2 Å². The van der Waals surface area contributed by atoms with Crippen molar-refractivity contribution in [2.45, 2.75) is 39.2 Å². The summed E-state index contributed by atoms with van der Waals surface area (Å²) < 4.78 is 16.0. The molecule has 0 aliphatic heterocycles. The van der Waals surface area contributed by atoms with Gasteiger partial charge in [-0.05, 0) is 49.0 Å². The van der Waals surface area contributed by atoms with Crippen molar-refractivity contribution in [1.82, 2.24) is 4.90 Å². The molecule has 138 valence electrons. The molecule has 1 aliphatic carbocycles. The fourth-order valence-corrected chi connectivity index (χ4v) is 2.72. The Morgan fingerprint density at radius 1 is 1.16 bits per heavy atom. The van der Waals surface area contributed by atoms with E-state index in [0.717, 1.165) is 31.4 Å². The Morgan fingerprint density at radius 3 is 2.20 bits per heavy atom. The molecule has 1 fully saturated rings. The minimum atomic E-state index is 0.0666. The second kappa shape index (κ2) is 8.79. The summed E-state index contributed by atoms with van der Waals surface area (Å²) in [5.41, 5.74) is 0.836. The zero-order chi connectivity index (χ0) is 18.4. The molecule has 0 radical (unpaired) electrons. The van der Waals surface area contributed by atoms with Crippen molar-refractivity contribution in [2.75, 3.05) is 27.9 Å². The van der Waals surface area contributed by atoms with Gasteiger partial charge in [-0.3, -0.25) is 4.79 Å². The first kappa shape index (κ1) is 19.2. The lowest BCUT2D eigenvalue weighted by molar-refractivity contribution is -0.126. The van der Waals surface area contributed by atoms with Crippen molar-refractivity contribution < 1.29 is 19.0 Å². The third kappa shape index (κ3) is 5.15. The Balaban J connectivity index is 2.15. The van der Waals surface area contributed by atoms with E-state index in [-0.39, 0.29) is 5.91 Å². The summed E-state index contributed by atoms with van der Waals surface area (Å²) in [5.74, 6) is 2.36. The molecule has 0 aromatic heterocycles. The topological polar surface area (TPSA) is 48.0 Å². The summed E-state index contributed by atoms with van der Waals surface area (Å²) in [4.78, 5) is 14.6. The van der Waals surface area contributed by atoms with Gasteiger partial charge in [-0.2, -0.15) is 0 Å². The second-order valence-electron chi connectivity index (χ2n) is 6.74. The van der Waals surface area contributed by atoms with Gasteiger partial charge in [0.1, 0.15) is 0 Å². The van der Waals surface area contributed by atoms with Crippen LogP contribution < -0.4 is 14.2 Å². The molecule has 0 spiro atoms. The van der Waals surface area contributed by atoms with Gasteiger partial charge in [0, 0.05) is 18.7 Å². The van der Waals surface area contributed by atoms with Crippen LogP contribution in [0.5, 0.6) is 17.2 Å². The molecule has 0 bridgehead atoms. The predicted molar refractivity (Wildman–Crippen MR) is 99.3 cm³/mol. The number of nitrogens with zero attached hydrogens (tertiary/aromatic N) is 1. The average Bonchev–Trinajstić information content (AvgIpc) is 3.43. The molecule has 0 saturated heterocycles. The Morgan fingerprint density at radius 2 is 1.76 bits per heavy atom. The van der Waals surface area contributed by atoms with E-state index in [1.54, 1.807) is 33.5 Å².